The summed E-state index contributed by atoms with van der Waals surface area (Å²) in [5.74, 6) is 0. The van der Waals surface area contributed by atoms with Crippen molar-refractivity contribution in [2.45, 2.75) is 0 Å². The predicted molar refractivity (Wildman–Crippen MR) is 69.2 cm³/mol. The number of benzene rings is 2. The Morgan fingerprint density at radius 2 is 1.94 bits per heavy atom. The van der Waals surface area contributed by atoms with E-state index < -0.39 is 0 Å². The first kappa shape index (κ1) is 11.6. The molecule has 0 aliphatic rings. The summed E-state index contributed by atoms with van der Waals surface area (Å²) in [6.07, 6.45) is 0. The lowest BCUT2D eigenvalue weighted by atomic mass is 10.1. The topological polar surface area (TPSA) is 41.5 Å². The van der Waals surface area contributed by atoms with E-state index in [0.29, 0.717) is 5.70 Å². The minimum Gasteiger partial charge on any atom is -0.394 e. The maximum atomic E-state index is 8.60. The molecule has 3 nitrogen and oxygen atoms in total. The summed E-state index contributed by atoms with van der Waals surface area (Å²) in [7, 11) is 0. The maximum Gasteiger partial charge on any atom is 0.0976 e. The predicted octanol–water partition coefficient (Wildman–Crippen LogP) is 2.32. The van der Waals surface area contributed by atoms with Gasteiger partial charge in [0.05, 0.1) is 18.9 Å². The number of hydrogen-bond acceptors (Lipinski definition) is 3. The Kier molecular flexibility index (Phi) is 3.75. The molecule has 2 aromatic rings. The van der Waals surface area contributed by atoms with Gasteiger partial charge >= 0.3 is 0 Å². The Morgan fingerprint density at radius 3 is 2.71 bits per heavy atom. The number of fused-ring (bicyclic) bond motifs is 1. The van der Waals surface area contributed by atoms with Crippen LogP contribution >= 0.6 is 0 Å². The third-order valence-corrected chi connectivity index (χ3v) is 2.49. The van der Waals surface area contributed by atoms with Gasteiger partial charge in [-0.15, -0.1) is 0 Å². The van der Waals surface area contributed by atoms with Crippen molar-refractivity contribution >= 4 is 16.5 Å². The first-order valence-electron chi connectivity index (χ1n) is 5.48. The minimum absolute atomic E-state index is 0.0159. The van der Waals surface area contributed by atoms with Crippen molar-refractivity contribution < 1.29 is 9.94 Å². The summed E-state index contributed by atoms with van der Waals surface area (Å²) in [6, 6.07) is 14.2. The van der Waals surface area contributed by atoms with E-state index in [-0.39, 0.29) is 13.2 Å². The largest absolute Gasteiger partial charge is 0.394 e. The van der Waals surface area contributed by atoms with Crippen LogP contribution in [0.2, 0.25) is 0 Å². The molecule has 0 radical (unpaired) electrons. The van der Waals surface area contributed by atoms with Gasteiger partial charge in [-0.3, -0.25) is 10.3 Å². The van der Waals surface area contributed by atoms with Crippen LogP contribution in [-0.2, 0) is 4.84 Å². The van der Waals surface area contributed by atoms with Gasteiger partial charge in [0.2, 0.25) is 0 Å². The van der Waals surface area contributed by atoms with E-state index in [9.17, 15) is 0 Å². The van der Waals surface area contributed by atoms with E-state index in [1.54, 1.807) is 0 Å². The molecule has 2 N–H and O–H groups in total. The minimum atomic E-state index is -0.0159. The van der Waals surface area contributed by atoms with Crippen molar-refractivity contribution in [1.29, 1.82) is 0 Å². The van der Waals surface area contributed by atoms with Gasteiger partial charge in [0.15, 0.2) is 0 Å². The van der Waals surface area contributed by atoms with Crippen molar-refractivity contribution in [1.82, 2.24) is 5.48 Å². The number of hydroxylamine groups is 1. The normalized spacial score (nSPS) is 10.4. The average molecular weight is 229 g/mol. The summed E-state index contributed by atoms with van der Waals surface area (Å²) in [6.45, 7) is 4.11. The van der Waals surface area contributed by atoms with Crippen LogP contribution in [0.5, 0.6) is 0 Å². The average Bonchev–Trinajstić information content (AvgIpc) is 2.38. The van der Waals surface area contributed by atoms with E-state index in [2.05, 4.69) is 24.2 Å². The smallest absolute Gasteiger partial charge is 0.0976 e. The molecule has 0 aromatic heterocycles. The maximum absolute atomic E-state index is 8.60. The van der Waals surface area contributed by atoms with E-state index in [0.717, 1.165) is 10.9 Å². The lowest BCUT2D eigenvalue weighted by Gasteiger charge is -2.09. The Labute approximate surface area is 100 Å². The zero-order valence-electron chi connectivity index (χ0n) is 9.52. The molecule has 88 valence electrons. The van der Waals surface area contributed by atoms with Crippen LogP contribution in [0.4, 0.5) is 0 Å². The fraction of sp³-hybridized carbons (Fsp3) is 0.143. The molecule has 0 bridgehead atoms. The first-order chi connectivity index (χ1) is 8.31. The molecule has 3 heteroatoms. The Bertz CT molecular complexity index is 522. The molecule has 0 heterocycles. The molecule has 0 spiro atoms. The zero-order chi connectivity index (χ0) is 12.1. The molecule has 0 aliphatic carbocycles. The second-order valence-corrected chi connectivity index (χ2v) is 3.71. The summed E-state index contributed by atoms with van der Waals surface area (Å²) >= 11 is 0. The van der Waals surface area contributed by atoms with Crippen molar-refractivity contribution in [2.24, 2.45) is 0 Å². The Hall–Kier alpha value is -1.84. The number of rotatable bonds is 5. The standard InChI is InChI=1S/C14H15NO2/c1-11(15-17-9-8-16)13-7-6-12-4-2-3-5-14(12)10-13/h2-7,10,15-16H,1,8-9H2. The fourth-order valence-electron chi connectivity index (χ4n) is 1.62. The van der Waals surface area contributed by atoms with Gasteiger partial charge in [-0.05, 0) is 22.4 Å². The Balaban J connectivity index is 2.15. The molecular formula is C14H15NO2. The molecule has 2 aromatic carbocycles. The van der Waals surface area contributed by atoms with Gasteiger partial charge in [-0.2, -0.15) is 0 Å². The van der Waals surface area contributed by atoms with Gasteiger partial charge in [0.1, 0.15) is 0 Å². The lowest BCUT2D eigenvalue weighted by Crippen LogP contribution is -2.14. The second-order valence-electron chi connectivity index (χ2n) is 3.71. The van der Waals surface area contributed by atoms with Crippen molar-refractivity contribution in [3.05, 3.63) is 54.6 Å². The second kappa shape index (κ2) is 5.48. The number of hydrogen-bond donors (Lipinski definition) is 2. The number of aliphatic hydroxyl groups excluding tert-OH is 1. The van der Waals surface area contributed by atoms with Gasteiger partial charge in [-0.1, -0.05) is 43.0 Å². The van der Waals surface area contributed by atoms with E-state index in [1.165, 1.54) is 5.39 Å². The van der Waals surface area contributed by atoms with Crippen molar-refractivity contribution in [3.63, 3.8) is 0 Å². The van der Waals surface area contributed by atoms with Crippen LogP contribution in [-0.4, -0.2) is 18.3 Å². The molecule has 0 amide bonds. The summed E-state index contributed by atoms with van der Waals surface area (Å²) in [5, 5.41) is 11.0. The van der Waals surface area contributed by atoms with Gasteiger partial charge in [0, 0.05) is 0 Å². The van der Waals surface area contributed by atoms with E-state index in [4.69, 9.17) is 9.94 Å². The molecule has 2 rings (SSSR count). The third-order valence-electron chi connectivity index (χ3n) is 2.49. The molecule has 17 heavy (non-hydrogen) atoms. The van der Waals surface area contributed by atoms with Gasteiger partial charge in [0.25, 0.3) is 0 Å². The highest BCUT2D eigenvalue weighted by Crippen LogP contribution is 2.18. The molecule has 0 saturated heterocycles. The monoisotopic (exact) mass is 229 g/mol. The summed E-state index contributed by atoms with van der Waals surface area (Å²) in [5.41, 5.74) is 4.37. The highest BCUT2D eigenvalue weighted by atomic mass is 16.6. The molecule has 0 saturated carbocycles. The first-order valence-corrected chi connectivity index (χ1v) is 5.48. The highest BCUT2D eigenvalue weighted by molar-refractivity contribution is 5.85. The van der Waals surface area contributed by atoms with E-state index >= 15 is 0 Å². The summed E-state index contributed by atoms with van der Waals surface area (Å²) < 4.78 is 0. The van der Waals surface area contributed by atoms with Crippen LogP contribution in [0.15, 0.2) is 49.0 Å². The van der Waals surface area contributed by atoms with Crippen LogP contribution < -0.4 is 5.48 Å². The lowest BCUT2D eigenvalue weighted by molar-refractivity contribution is 0.0481. The van der Waals surface area contributed by atoms with Crippen molar-refractivity contribution in [2.75, 3.05) is 13.2 Å². The van der Waals surface area contributed by atoms with Crippen LogP contribution in [0.25, 0.3) is 16.5 Å². The Morgan fingerprint density at radius 1 is 1.18 bits per heavy atom. The molecule has 0 aliphatic heterocycles. The van der Waals surface area contributed by atoms with Crippen LogP contribution in [0.3, 0.4) is 0 Å². The molecule has 0 atom stereocenters. The third kappa shape index (κ3) is 2.84. The quantitative estimate of drug-likeness (QED) is 0.610. The molecular weight excluding hydrogens is 214 g/mol. The highest BCUT2D eigenvalue weighted by Gasteiger charge is 2.00. The number of nitrogens with one attached hydrogen (secondary N) is 1. The van der Waals surface area contributed by atoms with Crippen LogP contribution in [0, 0.1) is 0 Å². The van der Waals surface area contributed by atoms with E-state index in [1.807, 2.05) is 30.3 Å². The fourth-order valence-corrected chi connectivity index (χ4v) is 1.62. The SMILES string of the molecule is C=C(NOCCO)c1ccc2ccccc2c1. The van der Waals surface area contributed by atoms with Crippen molar-refractivity contribution in [3.8, 4) is 0 Å². The molecule has 0 fully saturated rings. The molecule has 0 unspecified atom stereocenters. The van der Waals surface area contributed by atoms with Gasteiger partial charge in [-0.25, -0.2) is 0 Å². The van der Waals surface area contributed by atoms with Crippen LogP contribution in [0.1, 0.15) is 5.56 Å². The van der Waals surface area contributed by atoms with Gasteiger partial charge < -0.3 is 5.11 Å². The summed E-state index contributed by atoms with van der Waals surface area (Å²) in [4.78, 5) is 5.01. The zero-order valence-corrected chi connectivity index (χ0v) is 9.52. The number of aliphatic hydroxyl groups is 1.